The number of ether oxygens (including phenoxy) is 1. The Hall–Kier alpha value is -1.64. The molecule has 0 unspecified atom stereocenters. The van der Waals surface area contributed by atoms with E-state index in [0.29, 0.717) is 18.6 Å². The van der Waals surface area contributed by atoms with Crippen molar-refractivity contribution in [3.63, 3.8) is 0 Å². The molecule has 0 N–H and O–H groups in total. The smallest absolute Gasteiger partial charge is 0.170 e. The molecule has 0 radical (unpaired) electrons. The lowest BCUT2D eigenvalue weighted by Gasteiger charge is -2.04. The number of carbonyl (C=O) groups is 2. The fourth-order valence-electron chi connectivity index (χ4n) is 1.55. The average Bonchev–Trinajstić information content (AvgIpc) is 2.30. The Balaban J connectivity index is 2.60. The fourth-order valence-corrected chi connectivity index (χ4v) is 1.55. The second-order valence-electron chi connectivity index (χ2n) is 3.85. The molecule has 0 heterocycles. The van der Waals surface area contributed by atoms with Crippen molar-refractivity contribution >= 4 is 11.6 Å². The third-order valence-corrected chi connectivity index (χ3v) is 2.37. The summed E-state index contributed by atoms with van der Waals surface area (Å²) in [4.78, 5) is 23.1. The summed E-state index contributed by atoms with van der Waals surface area (Å²) in [6, 6.07) is 6.90. The van der Waals surface area contributed by atoms with E-state index in [4.69, 9.17) is 4.74 Å². The van der Waals surface area contributed by atoms with Gasteiger partial charge in [0.1, 0.15) is 11.5 Å². The number of ketones is 2. The highest BCUT2D eigenvalue weighted by atomic mass is 16.5. The molecule has 0 amide bonds. The van der Waals surface area contributed by atoms with Crippen LogP contribution in [0.15, 0.2) is 24.3 Å². The van der Waals surface area contributed by atoms with Crippen LogP contribution in [0.5, 0.6) is 5.75 Å². The van der Waals surface area contributed by atoms with Crippen molar-refractivity contribution in [1.29, 1.82) is 0 Å². The van der Waals surface area contributed by atoms with Crippen molar-refractivity contribution < 1.29 is 14.3 Å². The summed E-state index contributed by atoms with van der Waals surface area (Å²) in [5, 5.41) is 0. The molecule has 0 bridgehead atoms. The van der Waals surface area contributed by atoms with Crippen LogP contribution in [0, 0.1) is 0 Å². The van der Waals surface area contributed by atoms with Crippen molar-refractivity contribution in [2.75, 3.05) is 6.61 Å². The molecule has 0 fully saturated rings. The first-order valence-electron chi connectivity index (χ1n) is 5.95. The summed E-state index contributed by atoms with van der Waals surface area (Å²) in [6.07, 6.45) is 1.26. The summed E-state index contributed by atoms with van der Waals surface area (Å²) >= 11 is 0. The molecule has 0 aliphatic heterocycles. The van der Waals surface area contributed by atoms with E-state index in [0.717, 1.165) is 12.2 Å². The first-order valence-corrected chi connectivity index (χ1v) is 5.95. The predicted octanol–water partition coefficient (Wildman–Crippen LogP) is 3.03. The third-order valence-electron chi connectivity index (χ3n) is 2.37. The van der Waals surface area contributed by atoms with E-state index in [-0.39, 0.29) is 18.0 Å². The largest absolute Gasteiger partial charge is 0.494 e. The van der Waals surface area contributed by atoms with Gasteiger partial charge in [-0.2, -0.15) is 0 Å². The Kier molecular flexibility index (Phi) is 5.40. The highest BCUT2D eigenvalue weighted by Crippen LogP contribution is 2.13. The van der Waals surface area contributed by atoms with Crippen LogP contribution in [0.4, 0.5) is 0 Å². The summed E-state index contributed by atoms with van der Waals surface area (Å²) < 4.78 is 5.28. The number of hydrogen-bond acceptors (Lipinski definition) is 3. The molecule has 0 spiro atoms. The zero-order valence-corrected chi connectivity index (χ0v) is 10.4. The van der Waals surface area contributed by atoms with Crippen molar-refractivity contribution in [2.24, 2.45) is 0 Å². The van der Waals surface area contributed by atoms with Crippen LogP contribution >= 0.6 is 0 Å². The molecule has 0 atom stereocenters. The number of hydrogen-bond donors (Lipinski definition) is 0. The average molecular weight is 234 g/mol. The van der Waals surface area contributed by atoms with E-state index >= 15 is 0 Å². The lowest BCUT2D eigenvalue weighted by Crippen LogP contribution is -2.07. The van der Waals surface area contributed by atoms with Crippen LogP contribution in [0.3, 0.4) is 0 Å². The Labute approximate surface area is 102 Å². The van der Waals surface area contributed by atoms with Gasteiger partial charge in [-0.3, -0.25) is 9.59 Å². The lowest BCUT2D eigenvalue weighted by molar-refractivity contribution is -0.118. The van der Waals surface area contributed by atoms with Gasteiger partial charge in [-0.25, -0.2) is 0 Å². The normalized spacial score (nSPS) is 10.0. The highest BCUT2D eigenvalue weighted by Gasteiger charge is 2.10. The quantitative estimate of drug-likeness (QED) is 0.538. The van der Waals surface area contributed by atoms with E-state index in [9.17, 15) is 9.59 Å². The molecule has 3 heteroatoms. The standard InChI is InChI=1S/C14H18O3/c1-3-5-12(15)10-14(16)11-6-8-13(9-7-11)17-4-2/h6-9H,3-5,10H2,1-2H3. The van der Waals surface area contributed by atoms with Gasteiger partial charge in [0.25, 0.3) is 0 Å². The minimum Gasteiger partial charge on any atom is -0.494 e. The van der Waals surface area contributed by atoms with E-state index in [2.05, 4.69) is 0 Å². The molecule has 0 saturated carbocycles. The van der Waals surface area contributed by atoms with Gasteiger partial charge in [-0.1, -0.05) is 6.92 Å². The second-order valence-corrected chi connectivity index (χ2v) is 3.85. The van der Waals surface area contributed by atoms with Gasteiger partial charge in [0.15, 0.2) is 5.78 Å². The van der Waals surface area contributed by atoms with Crippen molar-refractivity contribution in [3.8, 4) is 5.75 Å². The number of rotatable bonds is 7. The molecule has 17 heavy (non-hydrogen) atoms. The molecular formula is C14H18O3. The van der Waals surface area contributed by atoms with Gasteiger partial charge in [0.2, 0.25) is 0 Å². The zero-order chi connectivity index (χ0) is 12.7. The van der Waals surface area contributed by atoms with Gasteiger partial charge in [-0.15, -0.1) is 0 Å². The molecule has 1 rings (SSSR count). The van der Waals surface area contributed by atoms with Gasteiger partial charge in [0.05, 0.1) is 13.0 Å². The van der Waals surface area contributed by atoms with E-state index in [1.54, 1.807) is 24.3 Å². The van der Waals surface area contributed by atoms with Gasteiger partial charge < -0.3 is 4.74 Å². The first-order chi connectivity index (χ1) is 8.17. The summed E-state index contributed by atoms with van der Waals surface area (Å²) in [5.74, 6) is 0.627. The zero-order valence-electron chi connectivity index (χ0n) is 10.4. The first kappa shape index (κ1) is 13.4. The van der Waals surface area contributed by atoms with Crippen LogP contribution < -0.4 is 4.74 Å². The monoisotopic (exact) mass is 234 g/mol. The van der Waals surface area contributed by atoms with Gasteiger partial charge >= 0.3 is 0 Å². The van der Waals surface area contributed by atoms with Crippen LogP contribution in [0.25, 0.3) is 0 Å². The second kappa shape index (κ2) is 6.84. The van der Waals surface area contributed by atoms with E-state index in [1.807, 2.05) is 13.8 Å². The molecule has 92 valence electrons. The Bertz CT molecular complexity index is 379. The molecule has 1 aromatic rings. The maximum atomic E-state index is 11.7. The van der Waals surface area contributed by atoms with E-state index < -0.39 is 0 Å². The molecule has 0 aliphatic rings. The number of benzene rings is 1. The molecular weight excluding hydrogens is 216 g/mol. The minimum absolute atomic E-state index is 0.00181. The number of Topliss-reactive ketones (excluding diaryl/α,β-unsaturated/α-hetero) is 2. The number of carbonyl (C=O) groups excluding carboxylic acids is 2. The Morgan fingerprint density at radius 2 is 1.76 bits per heavy atom. The SMILES string of the molecule is CCCC(=O)CC(=O)c1ccc(OCC)cc1. The van der Waals surface area contributed by atoms with Crippen LogP contribution in [-0.4, -0.2) is 18.2 Å². The van der Waals surface area contributed by atoms with E-state index in [1.165, 1.54) is 0 Å². The molecule has 0 aromatic heterocycles. The molecule has 0 aliphatic carbocycles. The minimum atomic E-state index is -0.119. The molecule has 1 aromatic carbocycles. The maximum Gasteiger partial charge on any atom is 0.170 e. The topological polar surface area (TPSA) is 43.4 Å². The summed E-state index contributed by atoms with van der Waals surface area (Å²) in [5.41, 5.74) is 0.568. The van der Waals surface area contributed by atoms with Crippen LogP contribution in [0.2, 0.25) is 0 Å². The van der Waals surface area contributed by atoms with Crippen LogP contribution in [0.1, 0.15) is 43.5 Å². The Morgan fingerprint density at radius 3 is 2.29 bits per heavy atom. The van der Waals surface area contributed by atoms with Crippen molar-refractivity contribution in [1.82, 2.24) is 0 Å². The van der Waals surface area contributed by atoms with Gasteiger partial charge in [0, 0.05) is 12.0 Å². The molecule has 3 nitrogen and oxygen atoms in total. The highest BCUT2D eigenvalue weighted by molar-refractivity contribution is 6.07. The summed E-state index contributed by atoms with van der Waals surface area (Å²) in [6.45, 7) is 4.43. The maximum absolute atomic E-state index is 11.7. The summed E-state index contributed by atoms with van der Waals surface area (Å²) in [7, 11) is 0. The fraction of sp³-hybridized carbons (Fsp3) is 0.429. The lowest BCUT2D eigenvalue weighted by atomic mass is 10.0. The van der Waals surface area contributed by atoms with Gasteiger partial charge in [-0.05, 0) is 37.6 Å². The van der Waals surface area contributed by atoms with Crippen LogP contribution in [-0.2, 0) is 4.79 Å². The Morgan fingerprint density at radius 1 is 1.12 bits per heavy atom. The van der Waals surface area contributed by atoms with Crippen molar-refractivity contribution in [3.05, 3.63) is 29.8 Å². The molecule has 0 saturated heterocycles. The van der Waals surface area contributed by atoms with Crippen molar-refractivity contribution in [2.45, 2.75) is 33.1 Å². The third kappa shape index (κ3) is 4.39. The predicted molar refractivity (Wildman–Crippen MR) is 66.5 cm³/mol.